The summed E-state index contributed by atoms with van der Waals surface area (Å²) in [6.07, 6.45) is 3.43. The van der Waals surface area contributed by atoms with Gasteiger partial charge in [0.15, 0.2) is 0 Å². The Morgan fingerprint density at radius 3 is 2.04 bits per heavy atom. The van der Waals surface area contributed by atoms with Gasteiger partial charge in [0.25, 0.3) is 0 Å². The van der Waals surface area contributed by atoms with Crippen molar-refractivity contribution in [2.75, 3.05) is 12.5 Å². The Balaban J connectivity index is 2.09. The summed E-state index contributed by atoms with van der Waals surface area (Å²) >= 11 is 1.29. The van der Waals surface area contributed by atoms with Gasteiger partial charge in [0, 0.05) is 20.9 Å². The second-order valence-electron chi connectivity index (χ2n) is 6.72. The maximum atomic E-state index is 13.1. The van der Waals surface area contributed by atoms with Gasteiger partial charge in [-0.2, -0.15) is 0 Å². The van der Waals surface area contributed by atoms with Gasteiger partial charge in [-0.25, -0.2) is 0 Å². The van der Waals surface area contributed by atoms with Crippen LogP contribution >= 0.6 is 39.8 Å². The van der Waals surface area contributed by atoms with Crippen molar-refractivity contribution in [2.24, 2.45) is 0 Å². The molecule has 2 aliphatic heterocycles. The standard InChI is InChI=1S/C18H14Cl2O2S2/c1-24(2,19,20)14-10-6-4-8-12(14)16(22)18(24)17-15(21)11-7-3-5-9-13(11)23-17/h3-10H,1-2H3/b18-17-. The third-order valence-electron chi connectivity index (χ3n) is 4.47. The minimum absolute atomic E-state index is 0.179. The van der Waals surface area contributed by atoms with Crippen LogP contribution in [0.25, 0.3) is 0 Å². The van der Waals surface area contributed by atoms with Crippen LogP contribution in [0.3, 0.4) is 0 Å². The lowest BCUT2D eigenvalue weighted by atomic mass is 10.1. The minimum Gasteiger partial charge on any atom is -0.288 e. The molecule has 0 spiro atoms. The molecule has 0 aliphatic carbocycles. The lowest BCUT2D eigenvalue weighted by molar-refractivity contribution is 0.101. The highest BCUT2D eigenvalue weighted by molar-refractivity contribution is 8.93. The number of fused-ring (bicyclic) bond motifs is 2. The first kappa shape index (κ1) is 16.3. The van der Waals surface area contributed by atoms with Crippen LogP contribution in [-0.2, 0) is 0 Å². The average molecular weight is 397 g/mol. The molecule has 0 bridgehead atoms. The number of ketones is 2. The molecule has 2 aromatic carbocycles. The Bertz CT molecular complexity index is 1000. The number of Topliss-reactive ketones (excluding diaryl/α,β-unsaturated/α-hetero) is 2. The van der Waals surface area contributed by atoms with Crippen molar-refractivity contribution in [3.63, 3.8) is 0 Å². The molecule has 6 heteroatoms. The van der Waals surface area contributed by atoms with Gasteiger partial charge < -0.3 is 0 Å². The van der Waals surface area contributed by atoms with Gasteiger partial charge in [0.05, 0.1) is 9.81 Å². The molecule has 0 saturated heterocycles. The summed E-state index contributed by atoms with van der Waals surface area (Å²) in [4.78, 5) is 28.1. The molecule has 0 fully saturated rings. The van der Waals surface area contributed by atoms with Crippen LogP contribution in [-0.4, -0.2) is 24.1 Å². The van der Waals surface area contributed by atoms with E-state index in [1.807, 2.05) is 24.3 Å². The second kappa shape index (κ2) is 4.31. The van der Waals surface area contributed by atoms with Crippen LogP contribution in [0.4, 0.5) is 0 Å². The van der Waals surface area contributed by atoms with Crippen molar-refractivity contribution in [2.45, 2.75) is 9.79 Å². The smallest absolute Gasteiger partial charge is 0.202 e. The molecule has 2 heterocycles. The maximum Gasteiger partial charge on any atom is 0.202 e. The number of hydrogen-bond donors (Lipinski definition) is 0. The molecule has 0 radical (unpaired) electrons. The van der Waals surface area contributed by atoms with E-state index in [2.05, 4.69) is 0 Å². The molecule has 0 N–H and O–H groups in total. The lowest BCUT2D eigenvalue weighted by Crippen LogP contribution is -2.22. The fraction of sp³-hybridized carbons (Fsp3) is 0.111. The van der Waals surface area contributed by atoms with E-state index in [1.54, 1.807) is 36.8 Å². The van der Waals surface area contributed by atoms with Crippen LogP contribution in [0, 0.1) is 0 Å². The molecule has 2 nitrogen and oxygen atoms in total. The van der Waals surface area contributed by atoms with E-state index >= 15 is 0 Å². The van der Waals surface area contributed by atoms with Crippen LogP contribution in [0.1, 0.15) is 20.7 Å². The highest BCUT2D eigenvalue weighted by Crippen LogP contribution is 3.04. The van der Waals surface area contributed by atoms with Crippen molar-refractivity contribution < 1.29 is 9.59 Å². The molecule has 0 amide bonds. The van der Waals surface area contributed by atoms with E-state index in [-0.39, 0.29) is 16.5 Å². The highest BCUT2D eigenvalue weighted by Gasteiger charge is 2.64. The molecule has 4 rings (SSSR count). The van der Waals surface area contributed by atoms with E-state index in [1.165, 1.54) is 11.8 Å². The SMILES string of the molecule is CS1(C)(Cl)(Cl)/C(=C2\Sc3ccccc3C2=O)C(=O)c2ccccc21. The molecule has 2 aromatic rings. The summed E-state index contributed by atoms with van der Waals surface area (Å²) < 4.78 is 0. The van der Waals surface area contributed by atoms with Gasteiger partial charge in [-0.1, -0.05) is 57.4 Å². The predicted molar refractivity (Wildman–Crippen MR) is 104 cm³/mol. The highest BCUT2D eigenvalue weighted by atomic mass is 36.0. The van der Waals surface area contributed by atoms with Crippen molar-refractivity contribution in [1.82, 2.24) is 0 Å². The second-order valence-corrected chi connectivity index (χ2v) is 20.2. The average Bonchev–Trinajstić information content (AvgIpc) is 2.89. The van der Waals surface area contributed by atoms with Crippen LogP contribution in [0.15, 0.2) is 68.1 Å². The molecule has 24 heavy (non-hydrogen) atoms. The minimum atomic E-state index is -4.11. The summed E-state index contributed by atoms with van der Waals surface area (Å²) in [5, 5.41) is 0. The lowest BCUT2D eigenvalue weighted by Gasteiger charge is -2.61. The molecule has 0 atom stereocenters. The molecule has 124 valence electrons. The maximum absolute atomic E-state index is 13.1. The molecule has 0 saturated carbocycles. The Morgan fingerprint density at radius 2 is 1.42 bits per heavy atom. The van der Waals surface area contributed by atoms with Crippen molar-refractivity contribution in [3.05, 3.63) is 69.5 Å². The number of rotatable bonds is 0. The van der Waals surface area contributed by atoms with Crippen molar-refractivity contribution in [1.29, 1.82) is 0 Å². The number of carbonyl (C=O) groups is 2. The van der Waals surface area contributed by atoms with E-state index in [0.29, 0.717) is 20.9 Å². The van der Waals surface area contributed by atoms with Crippen molar-refractivity contribution >= 4 is 51.4 Å². The monoisotopic (exact) mass is 396 g/mol. The van der Waals surface area contributed by atoms with Gasteiger partial charge in [0.2, 0.25) is 11.6 Å². The number of hydrogen-bond acceptors (Lipinski definition) is 3. The third-order valence-corrected chi connectivity index (χ3v) is 11.2. The fourth-order valence-electron chi connectivity index (χ4n) is 3.34. The fourth-order valence-corrected chi connectivity index (χ4v) is 10.4. The number of carbonyl (C=O) groups excluding carboxylic acids is 2. The molecule has 0 aromatic heterocycles. The Labute approximate surface area is 152 Å². The third kappa shape index (κ3) is 1.94. The normalized spacial score (nSPS) is 28.3. The largest absolute Gasteiger partial charge is 0.288 e. The topological polar surface area (TPSA) is 34.1 Å². The first-order valence-corrected chi connectivity index (χ1v) is 13.0. The van der Waals surface area contributed by atoms with Crippen LogP contribution in [0.2, 0.25) is 0 Å². The number of allylic oxidation sites excluding steroid dienone is 2. The van der Waals surface area contributed by atoms with Crippen LogP contribution in [0.5, 0.6) is 0 Å². The zero-order chi connectivity index (χ0) is 17.4. The Hall–Kier alpha value is -1.20. The van der Waals surface area contributed by atoms with Gasteiger partial charge in [-0.15, -0.1) is 6.72 Å². The first-order chi connectivity index (χ1) is 11.0. The number of benzene rings is 2. The summed E-state index contributed by atoms with van der Waals surface area (Å²) in [6, 6.07) is 14.4. The van der Waals surface area contributed by atoms with E-state index in [0.717, 1.165) is 4.90 Å². The molecule has 0 unspecified atom stereocenters. The van der Waals surface area contributed by atoms with Gasteiger partial charge in [-0.05, 0) is 36.8 Å². The van der Waals surface area contributed by atoms with Crippen molar-refractivity contribution in [3.8, 4) is 0 Å². The molecule has 2 aliphatic rings. The Kier molecular flexibility index (Phi) is 2.92. The van der Waals surface area contributed by atoms with Gasteiger partial charge in [0.1, 0.15) is 0 Å². The summed E-state index contributed by atoms with van der Waals surface area (Å²) in [7, 11) is 14.2. The van der Waals surface area contributed by atoms with E-state index < -0.39 is 6.72 Å². The summed E-state index contributed by atoms with van der Waals surface area (Å²) in [6.45, 7) is -4.11. The first-order valence-electron chi connectivity index (χ1n) is 7.25. The summed E-state index contributed by atoms with van der Waals surface area (Å²) in [5.74, 6) is -0.423. The van der Waals surface area contributed by atoms with E-state index in [9.17, 15) is 9.59 Å². The van der Waals surface area contributed by atoms with Gasteiger partial charge >= 0.3 is 0 Å². The number of thioether (sulfide) groups is 1. The quantitative estimate of drug-likeness (QED) is 0.520. The van der Waals surface area contributed by atoms with E-state index in [4.69, 9.17) is 21.4 Å². The zero-order valence-electron chi connectivity index (χ0n) is 13.0. The Morgan fingerprint density at radius 1 is 0.833 bits per heavy atom. The molecular weight excluding hydrogens is 383 g/mol. The summed E-state index contributed by atoms with van der Waals surface area (Å²) in [5.41, 5.74) is 1.08. The molecular formula is C18H14Cl2O2S2. The van der Waals surface area contributed by atoms with Gasteiger partial charge in [-0.3, -0.25) is 9.59 Å². The predicted octanol–water partition coefficient (Wildman–Crippen LogP) is 5.89. The zero-order valence-corrected chi connectivity index (χ0v) is 16.2. The van der Waals surface area contributed by atoms with Crippen LogP contribution < -0.4 is 0 Å². The number of halogens is 2.